The summed E-state index contributed by atoms with van der Waals surface area (Å²) in [4.78, 5) is 2.80. The third-order valence-corrected chi connectivity index (χ3v) is 5.18. The largest absolute Gasteiger partial charge is 0.311 e. The fourth-order valence-electron chi connectivity index (χ4n) is 3.45. The van der Waals surface area contributed by atoms with Crippen molar-refractivity contribution in [2.75, 3.05) is 19.6 Å². The van der Waals surface area contributed by atoms with Crippen molar-refractivity contribution in [1.82, 2.24) is 10.2 Å². The Bertz CT molecular complexity index is 235. The van der Waals surface area contributed by atoms with Crippen LogP contribution in [0.1, 0.15) is 59.3 Å². The monoisotopic (exact) mass is 238 g/mol. The van der Waals surface area contributed by atoms with Crippen LogP contribution in [0.5, 0.6) is 0 Å². The first-order chi connectivity index (χ1) is 8.18. The van der Waals surface area contributed by atoms with Crippen molar-refractivity contribution in [2.45, 2.75) is 70.9 Å². The van der Waals surface area contributed by atoms with Crippen molar-refractivity contribution in [3.05, 3.63) is 0 Å². The van der Waals surface area contributed by atoms with Crippen LogP contribution >= 0.6 is 0 Å². The molecule has 1 heterocycles. The van der Waals surface area contributed by atoms with Gasteiger partial charge in [0.05, 0.1) is 0 Å². The molecule has 0 spiro atoms. The lowest BCUT2D eigenvalue weighted by Gasteiger charge is -2.48. The lowest BCUT2D eigenvalue weighted by atomic mass is 9.90. The molecule has 1 saturated heterocycles. The molecule has 100 valence electrons. The third-order valence-electron chi connectivity index (χ3n) is 5.18. The Morgan fingerprint density at radius 3 is 2.53 bits per heavy atom. The van der Waals surface area contributed by atoms with Gasteiger partial charge in [0.15, 0.2) is 0 Å². The smallest absolute Gasteiger partial charge is 0.0304 e. The lowest BCUT2D eigenvalue weighted by Crippen LogP contribution is -2.63. The molecule has 17 heavy (non-hydrogen) atoms. The molecule has 0 aromatic rings. The topological polar surface area (TPSA) is 15.3 Å². The fourth-order valence-corrected chi connectivity index (χ4v) is 3.45. The summed E-state index contributed by atoms with van der Waals surface area (Å²) in [5.74, 6) is 0.983. The summed E-state index contributed by atoms with van der Waals surface area (Å²) in [5.41, 5.74) is 0.397. The van der Waals surface area contributed by atoms with Crippen LogP contribution in [-0.4, -0.2) is 36.1 Å². The van der Waals surface area contributed by atoms with Crippen molar-refractivity contribution in [1.29, 1.82) is 0 Å². The Morgan fingerprint density at radius 1 is 1.24 bits per heavy atom. The molecule has 2 fully saturated rings. The SMILES string of the molecule is CCC1CN(CC2CCCC2)C(C)(CC)CN1. The Hall–Kier alpha value is -0.0800. The van der Waals surface area contributed by atoms with E-state index in [9.17, 15) is 0 Å². The van der Waals surface area contributed by atoms with Gasteiger partial charge in [0.1, 0.15) is 0 Å². The van der Waals surface area contributed by atoms with Gasteiger partial charge in [0.25, 0.3) is 0 Å². The van der Waals surface area contributed by atoms with Gasteiger partial charge in [0.2, 0.25) is 0 Å². The number of rotatable bonds is 4. The van der Waals surface area contributed by atoms with E-state index in [4.69, 9.17) is 0 Å². The number of hydrogen-bond acceptors (Lipinski definition) is 2. The molecule has 0 aromatic heterocycles. The van der Waals surface area contributed by atoms with Crippen LogP contribution in [0.4, 0.5) is 0 Å². The molecular formula is C15H30N2. The van der Waals surface area contributed by atoms with E-state index < -0.39 is 0 Å². The molecule has 1 aliphatic carbocycles. The second kappa shape index (κ2) is 5.71. The number of piperazine rings is 1. The summed E-state index contributed by atoms with van der Waals surface area (Å²) in [7, 11) is 0. The second-order valence-electron chi connectivity index (χ2n) is 6.39. The summed E-state index contributed by atoms with van der Waals surface area (Å²) in [6.07, 6.45) is 8.42. The van der Waals surface area contributed by atoms with Gasteiger partial charge >= 0.3 is 0 Å². The zero-order valence-electron chi connectivity index (χ0n) is 12.0. The Balaban J connectivity index is 1.97. The van der Waals surface area contributed by atoms with E-state index in [0.717, 1.165) is 12.0 Å². The van der Waals surface area contributed by atoms with Crippen molar-refractivity contribution >= 4 is 0 Å². The van der Waals surface area contributed by atoms with Crippen molar-refractivity contribution in [3.8, 4) is 0 Å². The van der Waals surface area contributed by atoms with Crippen LogP contribution in [-0.2, 0) is 0 Å². The number of nitrogens with zero attached hydrogens (tertiary/aromatic N) is 1. The lowest BCUT2D eigenvalue weighted by molar-refractivity contribution is 0.0347. The van der Waals surface area contributed by atoms with Crippen LogP contribution < -0.4 is 5.32 Å². The zero-order chi connectivity index (χ0) is 12.3. The molecule has 0 radical (unpaired) electrons. The first-order valence-corrected chi connectivity index (χ1v) is 7.66. The molecule has 0 bridgehead atoms. The molecule has 1 aliphatic heterocycles. The predicted octanol–water partition coefficient (Wildman–Crippen LogP) is 3.03. The molecule has 2 unspecified atom stereocenters. The van der Waals surface area contributed by atoms with Gasteiger partial charge in [-0.1, -0.05) is 26.7 Å². The Labute approximate surface area is 107 Å². The van der Waals surface area contributed by atoms with E-state index in [-0.39, 0.29) is 0 Å². The van der Waals surface area contributed by atoms with Crippen molar-refractivity contribution < 1.29 is 0 Å². The standard InChI is InChI=1S/C15H30N2/c1-4-14-11-17(10-13-8-6-7-9-13)15(3,5-2)12-16-14/h13-14,16H,4-12H2,1-3H3. The molecule has 0 aromatic carbocycles. The fraction of sp³-hybridized carbons (Fsp3) is 1.00. The van der Waals surface area contributed by atoms with Gasteiger partial charge in [-0.25, -0.2) is 0 Å². The average molecular weight is 238 g/mol. The van der Waals surface area contributed by atoms with E-state index in [0.29, 0.717) is 5.54 Å². The van der Waals surface area contributed by atoms with E-state index in [1.165, 1.54) is 58.2 Å². The first-order valence-electron chi connectivity index (χ1n) is 7.66. The van der Waals surface area contributed by atoms with Crippen LogP contribution in [0.15, 0.2) is 0 Å². The van der Waals surface area contributed by atoms with Crippen LogP contribution in [0.3, 0.4) is 0 Å². The number of nitrogens with one attached hydrogen (secondary N) is 1. The maximum absolute atomic E-state index is 3.72. The summed E-state index contributed by atoms with van der Waals surface area (Å²) < 4.78 is 0. The summed E-state index contributed by atoms with van der Waals surface area (Å²) in [6.45, 7) is 10.9. The molecule has 2 atom stereocenters. The van der Waals surface area contributed by atoms with Gasteiger partial charge in [-0.15, -0.1) is 0 Å². The van der Waals surface area contributed by atoms with Crippen LogP contribution in [0.2, 0.25) is 0 Å². The minimum absolute atomic E-state index is 0.397. The Morgan fingerprint density at radius 2 is 1.94 bits per heavy atom. The van der Waals surface area contributed by atoms with Crippen molar-refractivity contribution in [3.63, 3.8) is 0 Å². The summed E-state index contributed by atoms with van der Waals surface area (Å²) in [6, 6.07) is 0.719. The van der Waals surface area contributed by atoms with Gasteiger partial charge < -0.3 is 5.32 Å². The van der Waals surface area contributed by atoms with Gasteiger partial charge in [-0.2, -0.15) is 0 Å². The van der Waals surface area contributed by atoms with Crippen LogP contribution in [0, 0.1) is 5.92 Å². The highest BCUT2D eigenvalue weighted by Crippen LogP contribution is 2.30. The quantitative estimate of drug-likeness (QED) is 0.810. The highest BCUT2D eigenvalue weighted by molar-refractivity contribution is 4.95. The van der Waals surface area contributed by atoms with E-state index in [1.807, 2.05) is 0 Å². The highest BCUT2D eigenvalue weighted by Gasteiger charge is 2.37. The predicted molar refractivity (Wildman–Crippen MR) is 74.3 cm³/mol. The molecule has 1 saturated carbocycles. The first kappa shape index (κ1) is 13.4. The molecule has 2 aliphatic rings. The van der Waals surface area contributed by atoms with Gasteiger partial charge in [-0.3, -0.25) is 4.90 Å². The average Bonchev–Trinajstić information content (AvgIpc) is 2.85. The van der Waals surface area contributed by atoms with Crippen molar-refractivity contribution in [2.24, 2.45) is 5.92 Å². The van der Waals surface area contributed by atoms with Crippen LogP contribution in [0.25, 0.3) is 0 Å². The normalized spacial score (nSPS) is 36.5. The molecular weight excluding hydrogens is 208 g/mol. The molecule has 2 rings (SSSR count). The summed E-state index contributed by atoms with van der Waals surface area (Å²) >= 11 is 0. The Kier molecular flexibility index (Phi) is 4.48. The number of hydrogen-bond donors (Lipinski definition) is 1. The maximum Gasteiger partial charge on any atom is 0.0304 e. The maximum atomic E-state index is 3.72. The van der Waals surface area contributed by atoms with E-state index in [2.05, 4.69) is 31.0 Å². The second-order valence-corrected chi connectivity index (χ2v) is 6.39. The van der Waals surface area contributed by atoms with Gasteiger partial charge in [-0.05, 0) is 38.5 Å². The third kappa shape index (κ3) is 3.03. The van der Waals surface area contributed by atoms with E-state index >= 15 is 0 Å². The highest BCUT2D eigenvalue weighted by atomic mass is 15.3. The van der Waals surface area contributed by atoms with E-state index in [1.54, 1.807) is 0 Å². The molecule has 2 nitrogen and oxygen atoms in total. The zero-order valence-corrected chi connectivity index (χ0v) is 12.0. The minimum Gasteiger partial charge on any atom is -0.311 e. The van der Waals surface area contributed by atoms with Gasteiger partial charge in [0, 0.05) is 31.2 Å². The molecule has 2 heteroatoms. The minimum atomic E-state index is 0.397. The molecule has 1 N–H and O–H groups in total. The summed E-state index contributed by atoms with van der Waals surface area (Å²) in [5, 5.41) is 3.72. The molecule has 0 amide bonds.